The van der Waals surface area contributed by atoms with Gasteiger partial charge in [-0.15, -0.1) is 0 Å². The van der Waals surface area contributed by atoms with E-state index in [0.29, 0.717) is 27.4 Å². The Morgan fingerprint density at radius 2 is 1.33 bits per heavy atom. The van der Waals surface area contributed by atoms with Crippen LogP contribution in [0.2, 0.25) is 5.02 Å². The Morgan fingerprint density at radius 1 is 0.744 bits per heavy atom. The Bertz CT molecular complexity index is 1480. The molecule has 0 aliphatic rings. The van der Waals surface area contributed by atoms with Gasteiger partial charge in [0.1, 0.15) is 6.04 Å². The van der Waals surface area contributed by atoms with Crippen molar-refractivity contribution in [2.24, 2.45) is 0 Å². The molecule has 4 aromatic carbocycles. The van der Waals surface area contributed by atoms with Gasteiger partial charge in [-0.25, -0.2) is 4.79 Å². The number of carbonyl (C=O) groups excluding carboxylic acids is 4. The van der Waals surface area contributed by atoms with Crippen LogP contribution in [0.25, 0.3) is 0 Å². The van der Waals surface area contributed by atoms with Crippen molar-refractivity contribution in [2.75, 3.05) is 11.9 Å². The summed E-state index contributed by atoms with van der Waals surface area (Å²) in [6.07, 6.45) is -0.261. The SMILES string of the molecule is Cc1ccc(C(=O)COC(=O)C(CC(=O)c2ccccc2)Nc2ccc(Cl)cc2C(=O)c2ccccc2)cc1. The summed E-state index contributed by atoms with van der Waals surface area (Å²) in [4.78, 5) is 52.1. The van der Waals surface area contributed by atoms with Crippen LogP contribution in [0.1, 0.15) is 48.6 Å². The van der Waals surface area contributed by atoms with E-state index in [4.69, 9.17) is 16.3 Å². The molecule has 196 valence electrons. The predicted molar refractivity (Wildman–Crippen MR) is 151 cm³/mol. The third-order valence-electron chi connectivity index (χ3n) is 6.08. The first-order valence-corrected chi connectivity index (χ1v) is 12.7. The lowest BCUT2D eigenvalue weighted by Gasteiger charge is -2.20. The van der Waals surface area contributed by atoms with Gasteiger partial charge in [-0.1, -0.05) is 102 Å². The maximum Gasteiger partial charge on any atom is 0.329 e. The van der Waals surface area contributed by atoms with E-state index in [-0.39, 0.29) is 29.3 Å². The summed E-state index contributed by atoms with van der Waals surface area (Å²) in [6, 6.07) is 27.6. The molecule has 1 atom stereocenters. The number of esters is 1. The molecule has 0 spiro atoms. The molecule has 0 saturated carbocycles. The first-order chi connectivity index (χ1) is 18.8. The second-order valence-electron chi connectivity index (χ2n) is 8.97. The van der Waals surface area contributed by atoms with Gasteiger partial charge >= 0.3 is 5.97 Å². The number of Topliss-reactive ketones (excluding diaryl/α,β-unsaturated/α-hetero) is 2. The molecule has 0 saturated heterocycles. The number of nitrogens with one attached hydrogen (secondary N) is 1. The fourth-order valence-electron chi connectivity index (χ4n) is 3.94. The summed E-state index contributed by atoms with van der Waals surface area (Å²) in [7, 11) is 0. The molecule has 1 N–H and O–H groups in total. The van der Waals surface area contributed by atoms with Gasteiger partial charge in [0.25, 0.3) is 0 Å². The Labute approximate surface area is 231 Å². The predicted octanol–water partition coefficient (Wildman–Crippen LogP) is 6.36. The van der Waals surface area contributed by atoms with Crippen LogP contribution in [0, 0.1) is 6.92 Å². The Kier molecular flexibility index (Phi) is 9.02. The topological polar surface area (TPSA) is 89.5 Å². The number of halogens is 1. The highest BCUT2D eigenvalue weighted by Crippen LogP contribution is 2.25. The highest BCUT2D eigenvalue weighted by molar-refractivity contribution is 6.31. The van der Waals surface area contributed by atoms with Crippen LogP contribution in [0.3, 0.4) is 0 Å². The van der Waals surface area contributed by atoms with Crippen molar-refractivity contribution < 1.29 is 23.9 Å². The van der Waals surface area contributed by atoms with Crippen molar-refractivity contribution in [3.63, 3.8) is 0 Å². The van der Waals surface area contributed by atoms with E-state index in [1.165, 1.54) is 6.07 Å². The van der Waals surface area contributed by atoms with Crippen molar-refractivity contribution in [3.05, 3.63) is 136 Å². The number of benzene rings is 4. The van der Waals surface area contributed by atoms with E-state index < -0.39 is 18.6 Å². The number of ether oxygens (including phenoxy) is 1. The molecule has 0 aliphatic carbocycles. The van der Waals surface area contributed by atoms with Crippen LogP contribution in [0.4, 0.5) is 5.69 Å². The van der Waals surface area contributed by atoms with Crippen LogP contribution < -0.4 is 5.32 Å². The van der Waals surface area contributed by atoms with E-state index in [1.54, 1.807) is 97.1 Å². The van der Waals surface area contributed by atoms with Gasteiger partial charge in [-0.2, -0.15) is 0 Å². The molecular weight excluding hydrogens is 514 g/mol. The summed E-state index contributed by atoms with van der Waals surface area (Å²) < 4.78 is 5.35. The van der Waals surface area contributed by atoms with Crippen LogP contribution >= 0.6 is 11.6 Å². The number of hydrogen-bond acceptors (Lipinski definition) is 6. The summed E-state index contributed by atoms with van der Waals surface area (Å²) >= 11 is 6.20. The molecule has 0 aromatic heterocycles. The van der Waals surface area contributed by atoms with Gasteiger partial charge in [0.05, 0.1) is 0 Å². The quantitative estimate of drug-likeness (QED) is 0.176. The molecule has 0 amide bonds. The number of aryl methyl sites for hydroxylation is 1. The lowest BCUT2D eigenvalue weighted by Crippen LogP contribution is -2.35. The zero-order chi connectivity index (χ0) is 27.8. The molecule has 1 unspecified atom stereocenters. The molecule has 39 heavy (non-hydrogen) atoms. The Balaban J connectivity index is 1.59. The van der Waals surface area contributed by atoms with Gasteiger partial charge in [-0.05, 0) is 25.1 Å². The lowest BCUT2D eigenvalue weighted by molar-refractivity contribution is -0.143. The average Bonchev–Trinajstić information content (AvgIpc) is 2.97. The second kappa shape index (κ2) is 12.8. The van der Waals surface area contributed by atoms with E-state index >= 15 is 0 Å². The van der Waals surface area contributed by atoms with E-state index in [2.05, 4.69) is 5.32 Å². The Hall–Kier alpha value is -4.55. The third kappa shape index (κ3) is 7.27. The fourth-order valence-corrected chi connectivity index (χ4v) is 4.12. The van der Waals surface area contributed by atoms with Gasteiger partial charge in [-0.3, -0.25) is 14.4 Å². The molecule has 0 heterocycles. The van der Waals surface area contributed by atoms with Gasteiger partial charge < -0.3 is 10.1 Å². The maximum atomic E-state index is 13.3. The molecule has 0 radical (unpaired) electrons. The van der Waals surface area contributed by atoms with Crippen molar-refractivity contribution in [3.8, 4) is 0 Å². The van der Waals surface area contributed by atoms with Gasteiger partial charge in [0.2, 0.25) is 0 Å². The second-order valence-corrected chi connectivity index (χ2v) is 9.41. The molecular formula is C32H26ClNO5. The van der Waals surface area contributed by atoms with Crippen LogP contribution in [-0.4, -0.2) is 36.0 Å². The van der Waals surface area contributed by atoms with Crippen molar-refractivity contribution in [1.82, 2.24) is 0 Å². The number of anilines is 1. The minimum Gasteiger partial charge on any atom is -0.456 e. The highest BCUT2D eigenvalue weighted by atomic mass is 35.5. The Morgan fingerprint density at radius 3 is 1.97 bits per heavy atom. The molecule has 4 rings (SSSR count). The number of rotatable bonds is 11. The van der Waals surface area contributed by atoms with E-state index in [9.17, 15) is 19.2 Å². The van der Waals surface area contributed by atoms with E-state index in [1.807, 2.05) is 6.92 Å². The van der Waals surface area contributed by atoms with Crippen LogP contribution in [0.5, 0.6) is 0 Å². The van der Waals surface area contributed by atoms with Crippen molar-refractivity contribution in [2.45, 2.75) is 19.4 Å². The molecule has 7 heteroatoms. The molecule has 4 aromatic rings. The molecule has 0 bridgehead atoms. The molecule has 0 aliphatic heterocycles. The smallest absolute Gasteiger partial charge is 0.329 e. The largest absolute Gasteiger partial charge is 0.456 e. The standard InChI is InChI=1S/C32H26ClNO5/c1-21-12-14-23(15-13-21)30(36)20-39-32(38)28(19-29(35)22-8-4-2-5-9-22)34-27-17-16-25(33)18-26(27)31(37)24-10-6-3-7-11-24/h2-18,28,34H,19-20H2,1H3. The van der Waals surface area contributed by atoms with Gasteiger partial charge in [0.15, 0.2) is 24.0 Å². The summed E-state index contributed by atoms with van der Waals surface area (Å²) in [5.41, 5.74) is 2.80. The number of hydrogen-bond donors (Lipinski definition) is 1. The summed E-state index contributed by atoms with van der Waals surface area (Å²) in [6.45, 7) is 1.41. The number of carbonyl (C=O) groups is 4. The number of ketones is 3. The highest BCUT2D eigenvalue weighted by Gasteiger charge is 2.27. The minimum absolute atomic E-state index is 0.231. The normalized spacial score (nSPS) is 11.3. The average molecular weight is 540 g/mol. The minimum atomic E-state index is -1.17. The monoisotopic (exact) mass is 539 g/mol. The fraction of sp³-hybridized carbons (Fsp3) is 0.125. The van der Waals surface area contributed by atoms with Crippen molar-refractivity contribution >= 4 is 40.6 Å². The summed E-state index contributed by atoms with van der Waals surface area (Å²) in [5, 5.41) is 3.35. The van der Waals surface area contributed by atoms with Crippen LogP contribution in [-0.2, 0) is 9.53 Å². The molecule has 0 fully saturated rings. The van der Waals surface area contributed by atoms with Crippen LogP contribution in [0.15, 0.2) is 103 Å². The first-order valence-electron chi connectivity index (χ1n) is 12.3. The zero-order valence-electron chi connectivity index (χ0n) is 21.2. The lowest BCUT2D eigenvalue weighted by atomic mass is 9.99. The molecule has 6 nitrogen and oxygen atoms in total. The van der Waals surface area contributed by atoms with Crippen molar-refractivity contribution in [1.29, 1.82) is 0 Å². The zero-order valence-corrected chi connectivity index (χ0v) is 22.0. The van der Waals surface area contributed by atoms with E-state index in [0.717, 1.165) is 5.56 Å². The first kappa shape index (κ1) is 27.5. The van der Waals surface area contributed by atoms with Gasteiger partial charge in [0, 0.05) is 39.4 Å². The maximum absolute atomic E-state index is 13.3. The third-order valence-corrected chi connectivity index (χ3v) is 6.32. The summed E-state index contributed by atoms with van der Waals surface area (Å²) in [5.74, 6) is -1.79.